The summed E-state index contributed by atoms with van der Waals surface area (Å²) in [6, 6.07) is 2.88. The van der Waals surface area contributed by atoms with Crippen LogP contribution in [0.3, 0.4) is 0 Å². The molecule has 70 valence electrons. The van der Waals surface area contributed by atoms with E-state index in [4.69, 9.17) is 22.4 Å². The second-order valence-electron chi connectivity index (χ2n) is 2.57. The van der Waals surface area contributed by atoms with Crippen LogP contribution in [0.15, 0.2) is 22.8 Å². The van der Waals surface area contributed by atoms with E-state index in [0.717, 1.165) is 0 Å². The Labute approximate surface area is 81.1 Å². The van der Waals surface area contributed by atoms with Crippen molar-refractivity contribution >= 4 is 23.1 Å². The summed E-state index contributed by atoms with van der Waals surface area (Å²) < 4.78 is 4.88. The van der Waals surface area contributed by atoms with Crippen molar-refractivity contribution in [3.8, 4) is 0 Å². The number of hydrogen-bond donors (Lipinski definition) is 2. The van der Waals surface area contributed by atoms with Crippen LogP contribution >= 0.6 is 12.2 Å². The molecule has 0 spiro atoms. The minimum Gasteiger partial charge on any atom is -0.459 e. The standard InChI is InChI=1S/C8H10N2O2S/c1-5(7(9)13)10-8(11)6-3-2-4-12-6/h2-5H,1H3,(H2,9,13)(H,10,11). The molecule has 0 saturated carbocycles. The van der Waals surface area contributed by atoms with Gasteiger partial charge >= 0.3 is 0 Å². The molecule has 1 rings (SSSR count). The van der Waals surface area contributed by atoms with Gasteiger partial charge in [0.05, 0.1) is 17.3 Å². The fourth-order valence-electron chi connectivity index (χ4n) is 0.747. The van der Waals surface area contributed by atoms with Gasteiger partial charge in [0.2, 0.25) is 0 Å². The number of carbonyl (C=O) groups is 1. The molecule has 0 radical (unpaired) electrons. The first-order valence-electron chi connectivity index (χ1n) is 3.75. The van der Waals surface area contributed by atoms with Crippen molar-refractivity contribution in [3.63, 3.8) is 0 Å². The fourth-order valence-corrected chi connectivity index (χ4v) is 0.806. The molecule has 0 aromatic carbocycles. The highest BCUT2D eigenvalue weighted by Gasteiger charge is 2.12. The Morgan fingerprint density at radius 2 is 2.46 bits per heavy atom. The van der Waals surface area contributed by atoms with E-state index in [1.807, 2.05) is 0 Å². The van der Waals surface area contributed by atoms with E-state index in [1.54, 1.807) is 19.1 Å². The lowest BCUT2D eigenvalue weighted by Gasteiger charge is -2.09. The van der Waals surface area contributed by atoms with Gasteiger partial charge in [0.25, 0.3) is 5.91 Å². The first kappa shape index (κ1) is 9.73. The number of hydrogen-bond acceptors (Lipinski definition) is 3. The van der Waals surface area contributed by atoms with Gasteiger partial charge in [0.15, 0.2) is 5.76 Å². The molecule has 1 amide bonds. The number of furan rings is 1. The third-order valence-electron chi connectivity index (χ3n) is 1.52. The van der Waals surface area contributed by atoms with Crippen molar-refractivity contribution in [2.24, 2.45) is 5.73 Å². The first-order chi connectivity index (χ1) is 6.11. The Morgan fingerprint density at radius 1 is 1.77 bits per heavy atom. The molecule has 0 aliphatic carbocycles. The van der Waals surface area contributed by atoms with Crippen molar-refractivity contribution in [2.45, 2.75) is 13.0 Å². The van der Waals surface area contributed by atoms with E-state index in [1.165, 1.54) is 6.26 Å². The van der Waals surface area contributed by atoms with Crippen LogP contribution in [0.2, 0.25) is 0 Å². The van der Waals surface area contributed by atoms with Crippen LogP contribution in [-0.2, 0) is 0 Å². The molecule has 1 aromatic rings. The normalized spacial score (nSPS) is 12.1. The highest BCUT2D eigenvalue weighted by molar-refractivity contribution is 7.80. The summed E-state index contributed by atoms with van der Waals surface area (Å²) in [7, 11) is 0. The Bertz CT molecular complexity index is 308. The summed E-state index contributed by atoms with van der Waals surface area (Å²) in [5.74, 6) is -0.0617. The molecular weight excluding hydrogens is 188 g/mol. The maximum Gasteiger partial charge on any atom is 0.287 e. The summed E-state index contributed by atoms with van der Waals surface area (Å²) in [5, 5.41) is 2.58. The average molecular weight is 198 g/mol. The smallest absolute Gasteiger partial charge is 0.287 e. The lowest BCUT2D eigenvalue weighted by atomic mass is 10.3. The molecule has 0 fully saturated rings. The van der Waals surface area contributed by atoms with Crippen LogP contribution in [0.5, 0.6) is 0 Å². The predicted molar refractivity (Wildman–Crippen MR) is 52.4 cm³/mol. The number of rotatable bonds is 3. The van der Waals surface area contributed by atoms with E-state index in [2.05, 4.69) is 5.32 Å². The summed E-state index contributed by atoms with van der Waals surface area (Å²) in [5.41, 5.74) is 5.32. The van der Waals surface area contributed by atoms with Crippen LogP contribution in [0.4, 0.5) is 0 Å². The van der Waals surface area contributed by atoms with E-state index in [-0.39, 0.29) is 22.7 Å². The van der Waals surface area contributed by atoms with Crippen molar-refractivity contribution in [1.29, 1.82) is 0 Å². The molecule has 1 aromatic heterocycles. The monoisotopic (exact) mass is 198 g/mol. The van der Waals surface area contributed by atoms with Gasteiger partial charge in [-0.3, -0.25) is 4.79 Å². The SMILES string of the molecule is CC(NC(=O)c1ccco1)C(N)=S. The highest BCUT2D eigenvalue weighted by atomic mass is 32.1. The van der Waals surface area contributed by atoms with E-state index < -0.39 is 0 Å². The second kappa shape index (κ2) is 4.04. The van der Waals surface area contributed by atoms with E-state index in [0.29, 0.717) is 0 Å². The number of carbonyl (C=O) groups excluding carboxylic acids is 1. The van der Waals surface area contributed by atoms with Crippen molar-refractivity contribution < 1.29 is 9.21 Å². The summed E-state index contributed by atoms with van der Waals surface area (Å²) in [4.78, 5) is 11.6. The van der Waals surface area contributed by atoms with E-state index in [9.17, 15) is 4.79 Å². The zero-order valence-corrected chi connectivity index (χ0v) is 7.93. The Morgan fingerprint density at radius 3 is 2.92 bits per heavy atom. The first-order valence-corrected chi connectivity index (χ1v) is 4.16. The number of amides is 1. The summed E-state index contributed by atoms with van der Waals surface area (Å²) >= 11 is 4.70. The number of nitrogens with two attached hydrogens (primary N) is 1. The van der Waals surface area contributed by atoms with Gasteiger partial charge in [-0.1, -0.05) is 12.2 Å². The molecule has 1 heterocycles. The zero-order chi connectivity index (χ0) is 9.84. The van der Waals surface area contributed by atoms with Gasteiger partial charge in [-0.2, -0.15) is 0 Å². The maximum absolute atomic E-state index is 11.3. The molecule has 0 saturated heterocycles. The molecule has 13 heavy (non-hydrogen) atoms. The van der Waals surface area contributed by atoms with Crippen LogP contribution in [-0.4, -0.2) is 16.9 Å². The molecule has 0 aliphatic rings. The highest BCUT2D eigenvalue weighted by Crippen LogP contribution is 1.99. The van der Waals surface area contributed by atoms with Gasteiger partial charge in [-0.05, 0) is 19.1 Å². The van der Waals surface area contributed by atoms with Gasteiger partial charge in [-0.15, -0.1) is 0 Å². The molecule has 0 aliphatic heterocycles. The molecule has 0 bridgehead atoms. The van der Waals surface area contributed by atoms with Gasteiger partial charge in [0.1, 0.15) is 0 Å². The van der Waals surface area contributed by atoms with Crippen molar-refractivity contribution in [3.05, 3.63) is 24.2 Å². The molecule has 1 atom stereocenters. The minimum atomic E-state index is -0.326. The lowest BCUT2D eigenvalue weighted by molar-refractivity contribution is 0.0921. The Balaban J connectivity index is 2.56. The molecular formula is C8H10N2O2S. The fraction of sp³-hybridized carbons (Fsp3) is 0.250. The van der Waals surface area contributed by atoms with Crippen LogP contribution in [0.1, 0.15) is 17.5 Å². The number of thiocarbonyl (C=S) groups is 1. The summed E-state index contributed by atoms with van der Waals surface area (Å²) in [6.07, 6.45) is 1.43. The third kappa shape index (κ3) is 2.55. The Kier molecular flexibility index (Phi) is 3.02. The molecule has 4 nitrogen and oxygen atoms in total. The molecule has 3 N–H and O–H groups in total. The van der Waals surface area contributed by atoms with Crippen LogP contribution < -0.4 is 11.1 Å². The van der Waals surface area contributed by atoms with Crippen molar-refractivity contribution in [1.82, 2.24) is 5.32 Å². The predicted octanol–water partition coefficient (Wildman–Crippen LogP) is 0.684. The molecule has 5 heteroatoms. The van der Waals surface area contributed by atoms with Crippen LogP contribution in [0.25, 0.3) is 0 Å². The zero-order valence-electron chi connectivity index (χ0n) is 7.11. The maximum atomic E-state index is 11.3. The lowest BCUT2D eigenvalue weighted by Crippen LogP contribution is -2.41. The van der Waals surface area contributed by atoms with Gasteiger partial charge < -0.3 is 15.5 Å². The Hall–Kier alpha value is -1.36. The van der Waals surface area contributed by atoms with Gasteiger partial charge in [-0.25, -0.2) is 0 Å². The molecule has 1 unspecified atom stereocenters. The largest absolute Gasteiger partial charge is 0.459 e. The second-order valence-corrected chi connectivity index (χ2v) is 3.05. The average Bonchev–Trinajstić information content (AvgIpc) is 2.55. The van der Waals surface area contributed by atoms with E-state index >= 15 is 0 Å². The van der Waals surface area contributed by atoms with Crippen molar-refractivity contribution in [2.75, 3.05) is 0 Å². The third-order valence-corrected chi connectivity index (χ3v) is 1.87. The number of nitrogens with one attached hydrogen (secondary N) is 1. The van der Waals surface area contributed by atoms with Crippen LogP contribution in [0, 0.1) is 0 Å². The minimum absolute atomic E-state index is 0.250. The quantitative estimate of drug-likeness (QED) is 0.701. The van der Waals surface area contributed by atoms with Gasteiger partial charge in [0, 0.05) is 0 Å². The summed E-state index contributed by atoms with van der Waals surface area (Å²) in [6.45, 7) is 1.71. The topological polar surface area (TPSA) is 68.3 Å².